The van der Waals surface area contributed by atoms with Gasteiger partial charge >= 0.3 is 0 Å². The number of amides is 2. The Kier molecular flexibility index (Phi) is 7.84. The average Bonchev–Trinajstić information content (AvgIpc) is 2.66. The smallest absolute Gasteiger partial charge is 0.262 e. The highest BCUT2D eigenvalue weighted by molar-refractivity contribution is 7.99. The molecule has 2 rings (SSSR count). The molecule has 0 unspecified atom stereocenters. The molecule has 8 heteroatoms. The summed E-state index contributed by atoms with van der Waals surface area (Å²) in [5.41, 5.74) is 0.529. The lowest BCUT2D eigenvalue weighted by Crippen LogP contribution is -2.45. The lowest BCUT2D eigenvalue weighted by atomic mass is 10.2. The van der Waals surface area contributed by atoms with E-state index in [9.17, 15) is 14.4 Å². The van der Waals surface area contributed by atoms with Crippen molar-refractivity contribution < 1.29 is 9.59 Å². The van der Waals surface area contributed by atoms with Gasteiger partial charge in [0.2, 0.25) is 11.8 Å². The van der Waals surface area contributed by atoms with Crippen molar-refractivity contribution in [3.8, 4) is 0 Å². The molecule has 27 heavy (non-hydrogen) atoms. The molecule has 7 nitrogen and oxygen atoms in total. The first-order chi connectivity index (χ1) is 13.0. The summed E-state index contributed by atoms with van der Waals surface area (Å²) in [4.78, 5) is 41.3. The number of carbonyl (C=O) groups excluding carboxylic acids is 2. The van der Waals surface area contributed by atoms with Crippen LogP contribution in [0.15, 0.2) is 34.2 Å². The second-order valence-corrected chi connectivity index (χ2v) is 7.14. The van der Waals surface area contributed by atoms with Gasteiger partial charge in [-0.3, -0.25) is 19.0 Å². The first kappa shape index (κ1) is 21.0. The van der Waals surface area contributed by atoms with Gasteiger partial charge in [-0.15, -0.1) is 0 Å². The quantitative estimate of drug-likeness (QED) is 0.504. The number of aromatic nitrogens is 2. The van der Waals surface area contributed by atoms with E-state index in [1.54, 1.807) is 23.6 Å². The Hall–Kier alpha value is -2.35. The van der Waals surface area contributed by atoms with Crippen LogP contribution >= 0.6 is 11.8 Å². The lowest BCUT2D eigenvalue weighted by Gasteiger charge is -2.15. The lowest BCUT2D eigenvalue weighted by molar-refractivity contribution is -0.127. The summed E-state index contributed by atoms with van der Waals surface area (Å²) in [6, 6.07) is 6.61. The minimum absolute atomic E-state index is 0.0840. The van der Waals surface area contributed by atoms with Crippen LogP contribution in [0.4, 0.5) is 0 Å². The fraction of sp³-hybridized carbons (Fsp3) is 0.474. The normalized spacial score (nSPS) is 12.0. The van der Waals surface area contributed by atoms with Gasteiger partial charge in [0.15, 0.2) is 5.16 Å². The number of nitrogens with one attached hydrogen (secondary N) is 2. The second-order valence-electron chi connectivity index (χ2n) is 6.19. The first-order valence-electron chi connectivity index (χ1n) is 9.17. The van der Waals surface area contributed by atoms with Crippen LogP contribution in [0.25, 0.3) is 10.9 Å². The molecule has 2 aromatic rings. The van der Waals surface area contributed by atoms with Crippen LogP contribution in [0.2, 0.25) is 0 Å². The van der Waals surface area contributed by atoms with E-state index in [2.05, 4.69) is 22.5 Å². The average molecular weight is 391 g/mol. The summed E-state index contributed by atoms with van der Waals surface area (Å²) in [6.45, 7) is 6.59. The molecule has 0 aliphatic rings. The highest BCUT2D eigenvalue weighted by Gasteiger charge is 2.17. The maximum atomic E-state index is 12.8. The molecule has 1 aromatic carbocycles. The van der Waals surface area contributed by atoms with E-state index in [1.165, 1.54) is 11.8 Å². The van der Waals surface area contributed by atoms with Crippen molar-refractivity contribution in [2.45, 2.75) is 51.4 Å². The van der Waals surface area contributed by atoms with Gasteiger partial charge in [-0.2, -0.15) is 0 Å². The Morgan fingerprint density at radius 1 is 1.26 bits per heavy atom. The summed E-state index contributed by atoms with van der Waals surface area (Å²) in [5.74, 6) is -0.413. The molecule has 0 saturated carbocycles. The van der Waals surface area contributed by atoms with E-state index in [-0.39, 0.29) is 23.1 Å². The Labute approximate surface area is 162 Å². The van der Waals surface area contributed by atoms with Crippen molar-refractivity contribution in [2.24, 2.45) is 0 Å². The van der Waals surface area contributed by atoms with Crippen molar-refractivity contribution in [2.75, 3.05) is 12.3 Å². The van der Waals surface area contributed by atoms with Crippen molar-refractivity contribution in [3.63, 3.8) is 0 Å². The maximum Gasteiger partial charge on any atom is 0.262 e. The predicted octanol–water partition coefficient (Wildman–Crippen LogP) is 1.93. The van der Waals surface area contributed by atoms with Crippen molar-refractivity contribution in [1.29, 1.82) is 0 Å². The molecule has 0 bridgehead atoms. The second kappa shape index (κ2) is 10.1. The van der Waals surface area contributed by atoms with E-state index >= 15 is 0 Å². The highest BCUT2D eigenvalue weighted by atomic mass is 32.2. The zero-order chi connectivity index (χ0) is 19.8. The molecule has 1 aromatic heterocycles. The molecule has 2 amide bonds. The van der Waals surface area contributed by atoms with Gasteiger partial charge in [0.25, 0.3) is 5.56 Å². The number of fused-ring (bicyclic) bond motifs is 1. The number of benzene rings is 1. The van der Waals surface area contributed by atoms with Gasteiger partial charge in [-0.05, 0) is 32.4 Å². The third-order valence-electron chi connectivity index (χ3n) is 4.02. The molecule has 1 heterocycles. The molecule has 0 radical (unpaired) electrons. The van der Waals surface area contributed by atoms with Crippen molar-refractivity contribution in [3.05, 3.63) is 34.6 Å². The molecule has 0 spiro atoms. The van der Waals surface area contributed by atoms with E-state index in [4.69, 9.17) is 0 Å². The third kappa shape index (κ3) is 5.56. The molecule has 2 N–H and O–H groups in total. The maximum absolute atomic E-state index is 12.8. The summed E-state index contributed by atoms with van der Waals surface area (Å²) in [5, 5.41) is 6.43. The number of thioether (sulfide) groups is 1. The Balaban J connectivity index is 2.16. The van der Waals surface area contributed by atoms with E-state index in [0.717, 1.165) is 12.8 Å². The molecule has 1 atom stereocenters. The van der Waals surface area contributed by atoms with Gasteiger partial charge in [-0.1, -0.05) is 37.2 Å². The molecule has 0 aliphatic carbocycles. The molecule has 0 aliphatic heterocycles. The SMILES string of the molecule is CCCCn1c(SCC(=O)N[C@@H](C)C(=O)NCC)nc2ccccc2c1=O. The number of hydrogen-bond donors (Lipinski definition) is 2. The van der Waals surface area contributed by atoms with Crippen LogP contribution in [0.5, 0.6) is 0 Å². The van der Waals surface area contributed by atoms with Gasteiger partial charge < -0.3 is 10.6 Å². The summed E-state index contributed by atoms with van der Waals surface area (Å²) >= 11 is 1.21. The molecule has 0 saturated heterocycles. The Bertz CT molecular complexity index is 866. The minimum atomic E-state index is -0.607. The molecular weight excluding hydrogens is 364 g/mol. The van der Waals surface area contributed by atoms with E-state index < -0.39 is 6.04 Å². The Morgan fingerprint density at radius 2 is 2.00 bits per heavy atom. The zero-order valence-electron chi connectivity index (χ0n) is 15.9. The number of hydrogen-bond acceptors (Lipinski definition) is 5. The fourth-order valence-corrected chi connectivity index (χ4v) is 3.41. The standard InChI is InChI=1S/C19H26N4O3S/c1-4-6-11-23-18(26)14-9-7-8-10-15(14)22-19(23)27-12-16(24)21-13(3)17(25)20-5-2/h7-10,13H,4-6,11-12H2,1-3H3,(H,20,25)(H,21,24)/t13-/m0/s1. The topological polar surface area (TPSA) is 93.1 Å². The van der Waals surface area contributed by atoms with E-state index in [1.807, 2.05) is 19.1 Å². The first-order valence-corrected chi connectivity index (χ1v) is 10.2. The fourth-order valence-electron chi connectivity index (χ4n) is 2.58. The van der Waals surface area contributed by atoms with Gasteiger partial charge in [-0.25, -0.2) is 4.98 Å². The third-order valence-corrected chi connectivity index (χ3v) is 4.99. The van der Waals surface area contributed by atoms with Gasteiger partial charge in [0.05, 0.1) is 16.7 Å². The number of carbonyl (C=O) groups is 2. The van der Waals surface area contributed by atoms with Crippen LogP contribution in [0.1, 0.15) is 33.6 Å². The van der Waals surface area contributed by atoms with Gasteiger partial charge in [0, 0.05) is 13.1 Å². The number of rotatable bonds is 9. The number of para-hydroxylation sites is 1. The van der Waals surface area contributed by atoms with Gasteiger partial charge in [0.1, 0.15) is 6.04 Å². The van der Waals surface area contributed by atoms with Crippen molar-refractivity contribution >= 4 is 34.5 Å². The molecular formula is C19H26N4O3S. The largest absolute Gasteiger partial charge is 0.355 e. The Morgan fingerprint density at radius 3 is 2.70 bits per heavy atom. The number of nitrogens with zero attached hydrogens (tertiary/aromatic N) is 2. The summed E-state index contributed by atoms with van der Waals surface area (Å²) in [6.07, 6.45) is 1.81. The molecule has 146 valence electrons. The molecule has 0 fully saturated rings. The van der Waals surface area contributed by atoms with Crippen molar-refractivity contribution in [1.82, 2.24) is 20.2 Å². The number of likely N-dealkylation sites (N-methyl/N-ethyl adjacent to an activating group) is 1. The zero-order valence-corrected chi connectivity index (χ0v) is 16.8. The monoisotopic (exact) mass is 390 g/mol. The number of unbranched alkanes of at least 4 members (excludes halogenated alkanes) is 1. The van der Waals surface area contributed by atoms with Crippen LogP contribution in [-0.4, -0.2) is 39.7 Å². The summed E-state index contributed by atoms with van der Waals surface area (Å²) < 4.78 is 1.64. The minimum Gasteiger partial charge on any atom is -0.355 e. The van der Waals surface area contributed by atoms with Crippen LogP contribution in [0, 0.1) is 0 Å². The predicted molar refractivity (Wildman–Crippen MR) is 108 cm³/mol. The van der Waals surface area contributed by atoms with Crippen LogP contribution in [0.3, 0.4) is 0 Å². The summed E-state index contributed by atoms with van der Waals surface area (Å²) in [7, 11) is 0. The highest BCUT2D eigenvalue weighted by Crippen LogP contribution is 2.18. The van der Waals surface area contributed by atoms with Crippen LogP contribution in [-0.2, 0) is 16.1 Å². The van der Waals surface area contributed by atoms with Crippen LogP contribution < -0.4 is 16.2 Å². The van der Waals surface area contributed by atoms with E-state index in [0.29, 0.717) is 29.1 Å².